The van der Waals surface area contributed by atoms with E-state index in [1.807, 2.05) is 0 Å². The molecule has 11 rings (SSSR count). The normalized spacial score (nSPS) is 15.0. The molecule has 4 aliphatic heterocycles. The highest BCUT2D eigenvalue weighted by Gasteiger charge is 2.57. The third kappa shape index (κ3) is 3.03. The topological polar surface area (TPSA) is 6.48 Å². The van der Waals surface area contributed by atoms with Crippen LogP contribution < -0.4 is 41.4 Å². The van der Waals surface area contributed by atoms with E-state index < -0.39 is 8.07 Å². The molecule has 0 saturated heterocycles. The molecule has 47 heavy (non-hydrogen) atoms. The summed E-state index contributed by atoms with van der Waals surface area (Å²) in [6.45, 7) is 2.30. The van der Waals surface area contributed by atoms with Crippen molar-refractivity contribution in [2.24, 2.45) is 0 Å². The molecule has 0 aromatic heterocycles. The summed E-state index contributed by atoms with van der Waals surface area (Å²) < 4.78 is 0. The summed E-state index contributed by atoms with van der Waals surface area (Å²) in [5.74, 6) is 0. The first-order valence-corrected chi connectivity index (χ1v) is 18.6. The predicted molar refractivity (Wildman–Crippen MR) is 201 cm³/mol. The third-order valence-electron chi connectivity index (χ3n) is 11.1. The SMILES string of the molecule is Cc1cc2c3c(c1)N(c1ccccc1)c1ccccc1B3N1c3ccccc3[Si]3(c4ccccc4-c4ccccc43)c3cccc-2c31. The molecule has 0 N–H and O–H groups in total. The van der Waals surface area contributed by atoms with E-state index in [2.05, 4.69) is 174 Å². The standard InChI is InChI=1S/C43H29BN2Si/c1-28-26-33-32-18-13-25-41-43(32)46(44-34-19-7-8-20-35(34)45(37(27-28)42(33)44)29-14-3-2-4-15-29)36-21-9-12-24-40(36)47(41)38-22-10-5-16-30(38)31-17-6-11-23-39(31)47/h2-27H,1H3. The van der Waals surface area contributed by atoms with Gasteiger partial charge in [0.05, 0.1) is 0 Å². The van der Waals surface area contributed by atoms with Gasteiger partial charge in [-0.05, 0) is 91.2 Å². The van der Waals surface area contributed by atoms with Crippen molar-refractivity contribution >= 4 is 75.0 Å². The number of aryl methyl sites for hydroxylation is 1. The number of para-hydroxylation sites is 4. The van der Waals surface area contributed by atoms with Crippen molar-refractivity contribution < 1.29 is 0 Å². The Hall–Kier alpha value is -5.58. The maximum Gasteiger partial charge on any atom is 0.333 e. The molecular weight excluding hydrogens is 583 g/mol. The molecule has 7 aromatic rings. The van der Waals surface area contributed by atoms with Crippen molar-refractivity contribution in [2.45, 2.75) is 6.92 Å². The summed E-state index contributed by atoms with van der Waals surface area (Å²) in [6.07, 6.45) is 0. The van der Waals surface area contributed by atoms with Gasteiger partial charge in [0.25, 0.3) is 0 Å². The second-order valence-electron chi connectivity index (χ2n) is 13.3. The van der Waals surface area contributed by atoms with Gasteiger partial charge in [0.15, 0.2) is 8.07 Å². The Balaban J connectivity index is 1.32. The summed E-state index contributed by atoms with van der Waals surface area (Å²) >= 11 is 0. The lowest BCUT2D eigenvalue weighted by atomic mass is 9.43. The third-order valence-corrected chi connectivity index (χ3v) is 16.0. The van der Waals surface area contributed by atoms with E-state index >= 15 is 0 Å². The lowest BCUT2D eigenvalue weighted by Gasteiger charge is -2.51. The average molecular weight is 613 g/mol. The van der Waals surface area contributed by atoms with Gasteiger partial charge in [-0.15, -0.1) is 0 Å². The fourth-order valence-corrected chi connectivity index (χ4v) is 15.0. The summed E-state index contributed by atoms with van der Waals surface area (Å²) in [5.41, 5.74) is 16.0. The number of nitrogens with zero attached hydrogens (tertiary/aromatic N) is 2. The van der Waals surface area contributed by atoms with E-state index in [0.717, 1.165) is 0 Å². The van der Waals surface area contributed by atoms with E-state index in [4.69, 9.17) is 0 Å². The molecule has 7 aromatic carbocycles. The molecule has 0 atom stereocenters. The van der Waals surface area contributed by atoms with Crippen LogP contribution in [0, 0.1) is 6.92 Å². The predicted octanol–water partition coefficient (Wildman–Crippen LogP) is 6.37. The van der Waals surface area contributed by atoms with E-state index in [1.54, 1.807) is 0 Å². The molecule has 0 bridgehead atoms. The molecule has 0 unspecified atom stereocenters. The van der Waals surface area contributed by atoms with Crippen LogP contribution in [0.15, 0.2) is 158 Å². The molecule has 1 spiro atoms. The van der Waals surface area contributed by atoms with E-state index in [0.29, 0.717) is 0 Å². The molecule has 2 nitrogen and oxygen atoms in total. The first-order chi connectivity index (χ1) is 23.3. The average Bonchev–Trinajstić information content (AvgIpc) is 3.42. The Morgan fingerprint density at radius 1 is 0.468 bits per heavy atom. The van der Waals surface area contributed by atoms with Crippen molar-refractivity contribution in [3.63, 3.8) is 0 Å². The number of hydrogen-bond donors (Lipinski definition) is 0. The Morgan fingerprint density at radius 3 is 1.83 bits per heavy atom. The van der Waals surface area contributed by atoms with Crippen LogP contribution in [0.2, 0.25) is 0 Å². The molecule has 4 heteroatoms. The smallest absolute Gasteiger partial charge is 0.333 e. The second-order valence-corrected chi connectivity index (χ2v) is 17.0. The minimum atomic E-state index is -2.64. The van der Waals surface area contributed by atoms with Gasteiger partial charge in [-0.3, -0.25) is 0 Å². The minimum Gasteiger partial charge on any atom is -0.376 e. The lowest BCUT2D eigenvalue weighted by molar-refractivity contribution is 1.26. The lowest BCUT2D eigenvalue weighted by Crippen LogP contribution is -2.78. The van der Waals surface area contributed by atoms with Crippen LogP contribution in [-0.4, -0.2) is 14.9 Å². The fraction of sp³-hybridized carbons (Fsp3) is 0.0233. The maximum absolute atomic E-state index is 2.73. The van der Waals surface area contributed by atoms with E-state index in [1.165, 1.54) is 87.9 Å². The molecule has 0 radical (unpaired) electrons. The molecule has 0 fully saturated rings. The second kappa shape index (κ2) is 9.03. The number of rotatable bonds is 1. The van der Waals surface area contributed by atoms with Gasteiger partial charge in [0.2, 0.25) is 0 Å². The number of benzene rings is 7. The Bertz CT molecular complexity index is 2420. The summed E-state index contributed by atoms with van der Waals surface area (Å²) in [4.78, 5) is 5.21. The number of fused-ring (bicyclic) bond motifs is 13. The summed E-state index contributed by atoms with van der Waals surface area (Å²) in [7, 11) is -2.64. The van der Waals surface area contributed by atoms with E-state index in [9.17, 15) is 0 Å². The van der Waals surface area contributed by atoms with Crippen LogP contribution in [0.3, 0.4) is 0 Å². The molecule has 0 saturated carbocycles. The van der Waals surface area contributed by atoms with Crippen LogP contribution in [0.25, 0.3) is 22.3 Å². The minimum absolute atomic E-state index is 0.0461. The summed E-state index contributed by atoms with van der Waals surface area (Å²) in [6, 6.07) is 59.9. The quantitative estimate of drug-likeness (QED) is 0.199. The van der Waals surface area contributed by atoms with Crippen LogP contribution in [-0.2, 0) is 0 Å². The molecule has 4 aliphatic rings. The zero-order valence-electron chi connectivity index (χ0n) is 26.0. The van der Waals surface area contributed by atoms with Crippen LogP contribution in [0.1, 0.15) is 5.56 Å². The van der Waals surface area contributed by atoms with Gasteiger partial charge in [0, 0.05) is 34.0 Å². The first-order valence-electron chi connectivity index (χ1n) is 16.6. The Morgan fingerprint density at radius 2 is 1.06 bits per heavy atom. The van der Waals surface area contributed by atoms with Gasteiger partial charge in [-0.25, -0.2) is 0 Å². The van der Waals surface area contributed by atoms with Gasteiger partial charge in [-0.2, -0.15) is 0 Å². The van der Waals surface area contributed by atoms with Crippen molar-refractivity contribution in [1.82, 2.24) is 0 Å². The van der Waals surface area contributed by atoms with Crippen LogP contribution >= 0.6 is 0 Å². The van der Waals surface area contributed by atoms with Gasteiger partial charge >= 0.3 is 6.85 Å². The van der Waals surface area contributed by atoms with E-state index in [-0.39, 0.29) is 6.85 Å². The van der Waals surface area contributed by atoms with Gasteiger partial charge in [0.1, 0.15) is 0 Å². The largest absolute Gasteiger partial charge is 0.376 e. The van der Waals surface area contributed by atoms with Gasteiger partial charge in [-0.1, -0.05) is 127 Å². The van der Waals surface area contributed by atoms with Crippen molar-refractivity contribution in [1.29, 1.82) is 0 Å². The molecule has 218 valence electrons. The molecule has 0 aliphatic carbocycles. The maximum atomic E-state index is 2.73. The van der Waals surface area contributed by atoms with Crippen molar-refractivity contribution in [3.8, 4) is 22.3 Å². The molecule has 4 heterocycles. The zero-order valence-corrected chi connectivity index (χ0v) is 27.0. The first kappa shape index (κ1) is 25.6. The highest BCUT2D eigenvalue weighted by molar-refractivity contribution is 7.24. The van der Waals surface area contributed by atoms with Crippen molar-refractivity contribution in [3.05, 3.63) is 163 Å². The molecule has 0 amide bonds. The highest BCUT2D eigenvalue weighted by atomic mass is 28.3. The summed E-state index contributed by atoms with van der Waals surface area (Å²) in [5, 5.41) is 6.01. The monoisotopic (exact) mass is 612 g/mol. The zero-order chi connectivity index (χ0) is 30.9. The number of hydrogen-bond acceptors (Lipinski definition) is 2. The van der Waals surface area contributed by atoms with Crippen molar-refractivity contribution in [2.75, 3.05) is 9.71 Å². The Labute approximate surface area is 276 Å². The fourth-order valence-electron chi connectivity index (χ4n) is 9.48. The van der Waals surface area contributed by atoms with Gasteiger partial charge < -0.3 is 9.71 Å². The highest BCUT2D eigenvalue weighted by Crippen LogP contribution is 2.48. The van der Waals surface area contributed by atoms with Crippen LogP contribution in [0.5, 0.6) is 0 Å². The van der Waals surface area contributed by atoms with Crippen LogP contribution in [0.4, 0.5) is 28.4 Å². The number of anilines is 5. The molecular formula is C43H29BN2Si. The Kier molecular flexibility index (Phi) is 4.92.